The van der Waals surface area contributed by atoms with Crippen LogP contribution in [0.2, 0.25) is 0 Å². The van der Waals surface area contributed by atoms with Crippen LogP contribution < -0.4 is 9.62 Å². The molecule has 1 aliphatic heterocycles. The number of aryl methyl sites for hydroxylation is 1. The number of hydrogen-bond acceptors (Lipinski definition) is 4. The maximum atomic E-state index is 12.7. The van der Waals surface area contributed by atoms with Gasteiger partial charge in [-0.2, -0.15) is 0 Å². The van der Waals surface area contributed by atoms with Gasteiger partial charge in [-0.1, -0.05) is 27.7 Å². The van der Waals surface area contributed by atoms with E-state index in [2.05, 4.69) is 37.9 Å². The first-order valence-corrected chi connectivity index (χ1v) is 11.7. The average molecular weight is 396 g/mol. The van der Waals surface area contributed by atoms with Crippen molar-refractivity contribution in [2.75, 3.05) is 36.7 Å². The molecule has 152 valence electrons. The number of likely N-dealkylation sites (N-methyl/N-ethyl adjacent to an activating group) is 1. The Morgan fingerprint density at radius 1 is 1.26 bits per heavy atom. The van der Waals surface area contributed by atoms with Crippen molar-refractivity contribution in [3.8, 4) is 0 Å². The van der Waals surface area contributed by atoms with Crippen LogP contribution in [0.15, 0.2) is 18.2 Å². The molecule has 0 saturated heterocycles. The summed E-state index contributed by atoms with van der Waals surface area (Å²) in [5.74, 6) is 0.337. The van der Waals surface area contributed by atoms with E-state index in [0.29, 0.717) is 36.3 Å². The van der Waals surface area contributed by atoms with Crippen LogP contribution >= 0.6 is 0 Å². The summed E-state index contributed by atoms with van der Waals surface area (Å²) in [5.41, 5.74) is 2.21. The topological polar surface area (TPSA) is 69.7 Å². The Morgan fingerprint density at radius 2 is 1.93 bits per heavy atom. The molecule has 0 radical (unpaired) electrons. The maximum absolute atomic E-state index is 12.7. The van der Waals surface area contributed by atoms with E-state index < -0.39 is 10.0 Å². The Kier molecular flexibility index (Phi) is 7.28. The third-order valence-corrected chi connectivity index (χ3v) is 6.52. The highest BCUT2D eigenvalue weighted by Crippen LogP contribution is 2.29. The van der Waals surface area contributed by atoms with E-state index in [0.717, 1.165) is 31.5 Å². The van der Waals surface area contributed by atoms with Crippen LogP contribution in [0.4, 0.5) is 5.69 Å². The first kappa shape index (κ1) is 21.7. The summed E-state index contributed by atoms with van der Waals surface area (Å²) in [7, 11) is -3.29. The predicted octanol–water partition coefficient (Wildman–Crippen LogP) is 2.50. The zero-order chi connectivity index (χ0) is 20.2. The highest BCUT2D eigenvalue weighted by Gasteiger charge is 2.25. The van der Waals surface area contributed by atoms with Gasteiger partial charge >= 0.3 is 0 Å². The van der Waals surface area contributed by atoms with Crippen molar-refractivity contribution < 1.29 is 13.2 Å². The molecule has 7 heteroatoms. The number of sulfonamides is 1. The van der Waals surface area contributed by atoms with Crippen molar-refractivity contribution in [2.45, 2.75) is 46.6 Å². The van der Waals surface area contributed by atoms with Crippen molar-refractivity contribution in [1.29, 1.82) is 0 Å². The second kappa shape index (κ2) is 9.06. The quantitative estimate of drug-likeness (QED) is 0.734. The molecule has 1 aromatic carbocycles. The third-order valence-electron chi connectivity index (χ3n) is 5.34. The normalized spacial score (nSPS) is 15.7. The summed E-state index contributed by atoms with van der Waals surface area (Å²) in [6.07, 6.45) is 2.78. The second-order valence-electron chi connectivity index (χ2n) is 7.52. The van der Waals surface area contributed by atoms with E-state index in [1.54, 1.807) is 12.1 Å². The summed E-state index contributed by atoms with van der Waals surface area (Å²) in [6, 6.07) is 5.61. The largest absolute Gasteiger partial charge is 0.350 e. The summed E-state index contributed by atoms with van der Waals surface area (Å²) in [4.78, 5) is 15.0. The van der Waals surface area contributed by atoms with E-state index in [9.17, 15) is 13.2 Å². The fourth-order valence-electron chi connectivity index (χ4n) is 3.83. The predicted molar refractivity (Wildman–Crippen MR) is 111 cm³/mol. The molecular formula is C20H33N3O3S. The van der Waals surface area contributed by atoms with Gasteiger partial charge in [-0.25, -0.2) is 8.42 Å². The number of benzene rings is 1. The fraction of sp³-hybridized carbons (Fsp3) is 0.650. The van der Waals surface area contributed by atoms with Crippen molar-refractivity contribution in [1.82, 2.24) is 10.2 Å². The molecule has 1 unspecified atom stereocenters. The Morgan fingerprint density at radius 3 is 2.48 bits per heavy atom. The van der Waals surface area contributed by atoms with Gasteiger partial charge in [-0.05, 0) is 55.6 Å². The monoisotopic (exact) mass is 395 g/mol. The van der Waals surface area contributed by atoms with Gasteiger partial charge in [0.05, 0.1) is 11.9 Å². The van der Waals surface area contributed by atoms with Crippen LogP contribution in [0, 0.1) is 5.92 Å². The molecule has 0 aromatic heterocycles. The van der Waals surface area contributed by atoms with Gasteiger partial charge in [0.15, 0.2) is 0 Å². The standard InChI is InChI=1S/C20H33N3O3S/c1-6-22(7-2)19(15(3)4)14-21-20(24)17-10-11-18-16(13-17)9-8-12-23(18)27(5,25)26/h10-11,13,15,19H,6-9,12,14H2,1-5H3,(H,21,24). The van der Waals surface area contributed by atoms with Crippen molar-refractivity contribution in [3.05, 3.63) is 29.3 Å². The fourth-order valence-corrected chi connectivity index (χ4v) is 4.82. The molecule has 6 nitrogen and oxygen atoms in total. The molecule has 1 atom stereocenters. The molecule has 0 spiro atoms. The van der Waals surface area contributed by atoms with Crippen LogP contribution in [0.1, 0.15) is 50.0 Å². The number of rotatable bonds is 8. The summed E-state index contributed by atoms with van der Waals surface area (Å²) < 4.78 is 25.4. The van der Waals surface area contributed by atoms with Crippen molar-refractivity contribution in [3.63, 3.8) is 0 Å². The molecule has 1 aliphatic rings. The minimum absolute atomic E-state index is 0.105. The van der Waals surface area contributed by atoms with Crippen LogP contribution in [0.5, 0.6) is 0 Å². The van der Waals surface area contributed by atoms with Gasteiger partial charge in [0.1, 0.15) is 0 Å². The molecule has 0 saturated carbocycles. The van der Waals surface area contributed by atoms with E-state index in [1.165, 1.54) is 10.6 Å². The maximum Gasteiger partial charge on any atom is 0.251 e. The van der Waals surface area contributed by atoms with Gasteiger partial charge in [-0.15, -0.1) is 0 Å². The van der Waals surface area contributed by atoms with Gasteiger partial charge in [0.25, 0.3) is 5.91 Å². The number of amides is 1. The minimum Gasteiger partial charge on any atom is -0.350 e. The van der Waals surface area contributed by atoms with E-state index in [4.69, 9.17) is 0 Å². The van der Waals surface area contributed by atoms with Crippen molar-refractivity contribution >= 4 is 21.6 Å². The number of nitrogens with one attached hydrogen (secondary N) is 1. The molecule has 1 heterocycles. The third kappa shape index (κ3) is 5.23. The molecule has 0 aliphatic carbocycles. The number of hydrogen-bond donors (Lipinski definition) is 1. The van der Waals surface area contributed by atoms with E-state index >= 15 is 0 Å². The molecule has 0 bridgehead atoms. The molecule has 2 rings (SSSR count). The zero-order valence-corrected chi connectivity index (χ0v) is 18.0. The summed E-state index contributed by atoms with van der Waals surface area (Å²) in [6.45, 7) is 11.6. The Hall–Kier alpha value is -1.60. The Bertz CT molecular complexity index is 758. The van der Waals surface area contributed by atoms with E-state index in [1.807, 2.05) is 6.07 Å². The number of fused-ring (bicyclic) bond motifs is 1. The van der Waals surface area contributed by atoms with Gasteiger partial charge < -0.3 is 5.32 Å². The smallest absolute Gasteiger partial charge is 0.251 e. The van der Waals surface area contributed by atoms with Crippen LogP contribution in [0.3, 0.4) is 0 Å². The second-order valence-corrected chi connectivity index (χ2v) is 9.43. The van der Waals surface area contributed by atoms with E-state index in [-0.39, 0.29) is 5.91 Å². The lowest BCUT2D eigenvalue weighted by atomic mass is 10.00. The average Bonchev–Trinajstić information content (AvgIpc) is 2.62. The Labute approximate surface area is 164 Å². The van der Waals surface area contributed by atoms with Gasteiger partial charge in [-0.3, -0.25) is 14.0 Å². The molecule has 0 fully saturated rings. The lowest BCUT2D eigenvalue weighted by Crippen LogP contribution is -2.46. The molecule has 27 heavy (non-hydrogen) atoms. The molecule has 1 amide bonds. The van der Waals surface area contributed by atoms with Gasteiger partial charge in [0, 0.05) is 24.7 Å². The highest BCUT2D eigenvalue weighted by atomic mass is 32.2. The molecule has 1 N–H and O–H groups in total. The lowest BCUT2D eigenvalue weighted by Gasteiger charge is -2.33. The Balaban J connectivity index is 2.14. The van der Waals surface area contributed by atoms with Crippen LogP contribution in [-0.2, 0) is 16.4 Å². The van der Waals surface area contributed by atoms with Crippen LogP contribution in [0.25, 0.3) is 0 Å². The number of anilines is 1. The first-order chi connectivity index (χ1) is 12.7. The lowest BCUT2D eigenvalue weighted by molar-refractivity contribution is 0.0921. The SMILES string of the molecule is CCN(CC)C(CNC(=O)c1ccc2c(c1)CCCN2S(C)(=O)=O)C(C)C. The van der Waals surface area contributed by atoms with Crippen LogP contribution in [-0.4, -0.2) is 57.7 Å². The molecule has 1 aromatic rings. The van der Waals surface area contributed by atoms with Gasteiger partial charge in [0.2, 0.25) is 10.0 Å². The summed E-state index contributed by atoms with van der Waals surface area (Å²) in [5, 5.41) is 3.07. The minimum atomic E-state index is -3.29. The highest BCUT2D eigenvalue weighted by molar-refractivity contribution is 7.92. The zero-order valence-electron chi connectivity index (χ0n) is 17.2. The van der Waals surface area contributed by atoms with Crippen molar-refractivity contribution in [2.24, 2.45) is 5.92 Å². The summed E-state index contributed by atoms with van der Waals surface area (Å²) >= 11 is 0. The number of carbonyl (C=O) groups is 1. The number of nitrogens with zero attached hydrogens (tertiary/aromatic N) is 2. The first-order valence-electron chi connectivity index (χ1n) is 9.81. The molecular weight excluding hydrogens is 362 g/mol. The number of carbonyl (C=O) groups excluding carboxylic acids is 1.